The van der Waals surface area contributed by atoms with Gasteiger partial charge in [-0.2, -0.15) is 0 Å². The van der Waals surface area contributed by atoms with Crippen LogP contribution in [0.25, 0.3) is 0 Å². The molecule has 1 atom stereocenters. The monoisotopic (exact) mass is 352 g/mol. The van der Waals surface area contributed by atoms with E-state index < -0.39 is 16.8 Å². The largest absolute Gasteiger partial charge is 0.478 e. The molecule has 2 rings (SSSR count). The van der Waals surface area contributed by atoms with E-state index in [4.69, 9.17) is 5.11 Å². The van der Waals surface area contributed by atoms with Crippen molar-refractivity contribution in [2.24, 2.45) is 0 Å². The molecule has 2 aromatic carbocycles. The van der Waals surface area contributed by atoms with Gasteiger partial charge in [-0.3, -0.25) is 4.21 Å². The van der Waals surface area contributed by atoms with Crippen molar-refractivity contribution in [2.75, 3.05) is 0 Å². The van der Waals surface area contributed by atoms with Crippen molar-refractivity contribution in [2.45, 2.75) is 11.5 Å². The second-order valence-electron chi connectivity index (χ2n) is 4.36. The van der Waals surface area contributed by atoms with E-state index in [1.54, 1.807) is 18.2 Å². The van der Waals surface area contributed by atoms with Gasteiger partial charge < -0.3 is 5.11 Å². The van der Waals surface area contributed by atoms with Crippen molar-refractivity contribution in [3.8, 4) is 0 Å². The van der Waals surface area contributed by atoms with E-state index in [-0.39, 0.29) is 5.56 Å². The zero-order chi connectivity index (χ0) is 14.5. The molecule has 104 valence electrons. The van der Waals surface area contributed by atoms with Crippen molar-refractivity contribution in [1.29, 1.82) is 0 Å². The maximum Gasteiger partial charge on any atom is 0.335 e. The minimum Gasteiger partial charge on any atom is -0.478 e. The Morgan fingerprint density at radius 3 is 2.35 bits per heavy atom. The van der Waals surface area contributed by atoms with Gasteiger partial charge in [-0.1, -0.05) is 40.2 Å². The van der Waals surface area contributed by atoms with Gasteiger partial charge in [-0.05, 0) is 35.4 Å². The Labute approximate surface area is 128 Å². The van der Waals surface area contributed by atoms with Crippen LogP contribution in [0.4, 0.5) is 0 Å². The van der Waals surface area contributed by atoms with Gasteiger partial charge >= 0.3 is 5.97 Å². The Kier molecular flexibility index (Phi) is 5.09. The Morgan fingerprint density at radius 1 is 1.05 bits per heavy atom. The van der Waals surface area contributed by atoms with Crippen molar-refractivity contribution in [3.05, 3.63) is 69.7 Å². The van der Waals surface area contributed by atoms with Crippen LogP contribution in [0, 0.1) is 0 Å². The molecule has 2 aromatic rings. The summed E-state index contributed by atoms with van der Waals surface area (Å²) in [5, 5.41) is 8.92. The van der Waals surface area contributed by atoms with Crippen molar-refractivity contribution < 1.29 is 14.1 Å². The fraction of sp³-hybridized carbons (Fsp3) is 0.133. The molecule has 0 aliphatic heterocycles. The van der Waals surface area contributed by atoms with Crippen molar-refractivity contribution in [3.63, 3.8) is 0 Å². The maximum atomic E-state index is 12.1. The van der Waals surface area contributed by atoms with Gasteiger partial charge in [0.25, 0.3) is 0 Å². The first kappa shape index (κ1) is 14.9. The molecule has 0 saturated heterocycles. The summed E-state index contributed by atoms with van der Waals surface area (Å²) in [4.78, 5) is 10.9. The Hall–Kier alpha value is -1.46. The fourth-order valence-corrected chi connectivity index (χ4v) is 3.28. The lowest BCUT2D eigenvalue weighted by Gasteiger charge is -2.04. The molecule has 20 heavy (non-hydrogen) atoms. The highest BCUT2D eigenvalue weighted by atomic mass is 79.9. The standard InChI is InChI=1S/C15H13BrO3S/c16-14-6-4-11(5-7-14)9-20(19)10-12-2-1-3-13(8-12)15(17)18/h1-8H,9-10H2,(H,17,18). The summed E-state index contributed by atoms with van der Waals surface area (Å²) in [6.45, 7) is 0. The summed E-state index contributed by atoms with van der Waals surface area (Å²) in [6.07, 6.45) is 0. The highest BCUT2D eigenvalue weighted by Gasteiger charge is 2.07. The number of benzene rings is 2. The van der Waals surface area contributed by atoms with Crippen LogP contribution in [0.15, 0.2) is 53.0 Å². The second-order valence-corrected chi connectivity index (χ2v) is 6.73. The van der Waals surface area contributed by atoms with Crippen LogP contribution >= 0.6 is 15.9 Å². The molecule has 0 radical (unpaired) electrons. The van der Waals surface area contributed by atoms with E-state index in [9.17, 15) is 9.00 Å². The molecule has 0 aromatic heterocycles. The topological polar surface area (TPSA) is 54.4 Å². The van der Waals surface area contributed by atoms with Gasteiger partial charge in [-0.15, -0.1) is 0 Å². The van der Waals surface area contributed by atoms with Crippen LogP contribution in [0.3, 0.4) is 0 Å². The van der Waals surface area contributed by atoms with Crippen molar-refractivity contribution in [1.82, 2.24) is 0 Å². The molecule has 1 unspecified atom stereocenters. The van der Waals surface area contributed by atoms with E-state index in [1.807, 2.05) is 24.3 Å². The minimum absolute atomic E-state index is 0.225. The lowest BCUT2D eigenvalue weighted by molar-refractivity contribution is 0.0696. The molecule has 0 aliphatic carbocycles. The zero-order valence-electron chi connectivity index (χ0n) is 10.6. The molecule has 0 bridgehead atoms. The average Bonchev–Trinajstić information content (AvgIpc) is 2.41. The van der Waals surface area contributed by atoms with Gasteiger partial charge in [0.15, 0.2) is 0 Å². The number of carboxylic acid groups (broad SMARTS) is 1. The third-order valence-corrected chi connectivity index (χ3v) is 4.58. The van der Waals surface area contributed by atoms with E-state index in [0.717, 1.165) is 15.6 Å². The zero-order valence-corrected chi connectivity index (χ0v) is 13.0. The van der Waals surface area contributed by atoms with Crippen LogP contribution in [0.1, 0.15) is 21.5 Å². The molecule has 0 aliphatic rings. The van der Waals surface area contributed by atoms with E-state index >= 15 is 0 Å². The molecular formula is C15H13BrO3S. The molecule has 0 heterocycles. The number of rotatable bonds is 5. The summed E-state index contributed by atoms with van der Waals surface area (Å²) in [7, 11) is -1.06. The molecule has 5 heteroatoms. The molecule has 0 fully saturated rings. The molecule has 0 amide bonds. The minimum atomic E-state index is -1.06. The number of halogens is 1. The Balaban J connectivity index is 2.02. The maximum absolute atomic E-state index is 12.1. The number of carboxylic acids is 1. The van der Waals surface area contributed by atoms with E-state index in [1.165, 1.54) is 6.07 Å². The third-order valence-electron chi connectivity index (χ3n) is 2.74. The van der Waals surface area contributed by atoms with Gasteiger partial charge in [-0.25, -0.2) is 4.79 Å². The average molecular weight is 353 g/mol. The van der Waals surface area contributed by atoms with E-state index in [2.05, 4.69) is 15.9 Å². The first-order valence-electron chi connectivity index (χ1n) is 5.96. The van der Waals surface area contributed by atoms with Crippen LogP contribution in [0.5, 0.6) is 0 Å². The van der Waals surface area contributed by atoms with Crippen LogP contribution in [-0.4, -0.2) is 15.3 Å². The first-order valence-corrected chi connectivity index (χ1v) is 8.24. The molecule has 0 spiro atoms. The molecule has 3 nitrogen and oxygen atoms in total. The predicted octanol–water partition coefficient (Wildman–Crippen LogP) is 3.60. The highest BCUT2D eigenvalue weighted by Crippen LogP contribution is 2.14. The molecular weight excluding hydrogens is 340 g/mol. The Bertz CT molecular complexity index is 638. The normalized spacial score (nSPS) is 12.1. The van der Waals surface area contributed by atoms with Crippen molar-refractivity contribution >= 4 is 32.7 Å². The SMILES string of the molecule is O=C(O)c1cccc(CS(=O)Cc2ccc(Br)cc2)c1. The fourth-order valence-electron chi connectivity index (χ4n) is 1.80. The number of carbonyl (C=O) groups is 1. The lowest BCUT2D eigenvalue weighted by atomic mass is 10.1. The Morgan fingerprint density at radius 2 is 1.70 bits per heavy atom. The first-order chi connectivity index (χ1) is 9.54. The lowest BCUT2D eigenvalue weighted by Crippen LogP contribution is -2.02. The van der Waals surface area contributed by atoms with Crippen LogP contribution in [-0.2, 0) is 22.3 Å². The quantitative estimate of drug-likeness (QED) is 0.894. The van der Waals surface area contributed by atoms with Gasteiger partial charge in [0.05, 0.1) is 5.56 Å². The number of aromatic carboxylic acids is 1. The van der Waals surface area contributed by atoms with Crippen LogP contribution < -0.4 is 0 Å². The van der Waals surface area contributed by atoms with E-state index in [0.29, 0.717) is 11.5 Å². The highest BCUT2D eigenvalue weighted by molar-refractivity contribution is 9.10. The van der Waals surface area contributed by atoms with Gasteiger partial charge in [0, 0.05) is 26.8 Å². The van der Waals surface area contributed by atoms with Crippen LogP contribution in [0.2, 0.25) is 0 Å². The molecule has 1 N–H and O–H groups in total. The van der Waals surface area contributed by atoms with Gasteiger partial charge in [0.2, 0.25) is 0 Å². The summed E-state index contributed by atoms with van der Waals surface area (Å²) >= 11 is 3.36. The third kappa shape index (κ3) is 4.28. The summed E-state index contributed by atoms with van der Waals surface area (Å²) < 4.78 is 13.1. The number of hydrogen-bond acceptors (Lipinski definition) is 2. The molecule has 0 saturated carbocycles. The summed E-state index contributed by atoms with van der Waals surface area (Å²) in [5.41, 5.74) is 2.00. The van der Waals surface area contributed by atoms with Gasteiger partial charge in [0.1, 0.15) is 0 Å². The summed E-state index contributed by atoms with van der Waals surface area (Å²) in [6, 6.07) is 14.3. The second kappa shape index (κ2) is 6.81. The summed E-state index contributed by atoms with van der Waals surface area (Å²) in [5.74, 6) is -0.146. The number of hydrogen-bond donors (Lipinski definition) is 1. The predicted molar refractivity (Wildman–Crippen MR) is 83.1 cm³/mol. The smallest absolute Gasteiger partial charge is 0.335 e.